The van der Waals surface area contributed by atoms with E-state index in [-0.39, 0.29) is 0 Å². The highest BCUT2D eigenvalue weighted by molar-refractivity contribution is 8.01. The van der Waals surface area contributed by atoms with Gasteiger partial charge in [0.15, 0.2) is 0 Å². The topological polar surface area (TPSA) is 0 Å². The zero-order chi connectivity index (χ0) is 19.7. The first-order chi connectivity index (χ1) is 13.4. The first-order valence-corrected chi connectivity index (χ1v) is 13.9. The molecule has 0 bridgehead atoms. The molecular weight excluding hydrogens is 344 g/mol. The molecule has 27 heavy (non-hydrogen) atoms. The van der Waals surface area contributed by atoms with Crippen LogP contribution in [0, 0.1) is 5.75 Å². The van der Waals surface area contributed by atoms with Crippen LogP contribution in [0.1, 0.15) is 155 Å². The van der Waals surface area contributed by atoms with Crippen LogP contribution in [0.25, 0.3) is 0 Å². The standard InChI is InChI=1S/C26H53S/c1-3-5-6-7-8-9-10-11-12-13-14-15-16-17-18-19-20-21-22-23-24-25-26-27-4-2/h26H,3-25H2,1-2H3. The van der Waals surface area contributed by atoms with Gasteiger partial charge >= 0.3 is 0 Å². The molecule has 1 radical (unpaired) electrons. The van der Waals surface area contributed by atoms with Gasteiger partial charge in [0.1, 0.15) is 0 Å². The second-order valence-electron chi connectivity index (χ2n) is 8.48. The third kappa shape index (κ3) is 26.4. The Morgan fingerprint density at radius 2 is 0.704 bits per heavy atom. The van der Waals surface area contributed by atoms with Crippen molar-refractivity contribution >= 4 is 11.8 Å². The van der Waals surface area contributed by atoms with Crippen molar-refractivity contribution in [3.8, 4) is 0 Å². The van der Waals surface area contributed by atoms with Gasteiger partial charge in [0.25, 0.3) is 0 Å². The molecule has 0 saturated carbocycles. The zero-order valence-corrected chi connectivity index (χ0v) is 20.1. The molecule has 0 aliphatic carbocycles. The van der Waals surface area contributed by atoms with Crippen LogP contribution in [-0.2, 0) is 0 Å². The molecule has 0 spiro atoms. The molecule has 0 fully saturated rings. The normalized spacial score (nSPS) is 11.3. The summed E-state index contributed by atoms with van der Waals surface area (Å²) in [6, 6.07) is 0. The number of hydrogen-bond acceptors (Lipinski definition) is 1. The summed E-state index contributed by atoms with van der Waals surface area (Å²) >= 11 is 1.97. The van der Waals surface area contributed by atoms with Gasteiger partial charge in [-0.3, -0.25) is 0 Å². The molecule has 163 valence electrons. The fraction of sp³-hybridized carbons (Fsp3) is 0.962. The fourth-order valence-corrected chi connectivity index (χ4v) is 4.43. The summed E-state index contributed by atoms with van der Waals surface area (Å²) < 4.78 is 0. The SMILES string of the molecule is CCCCCCCCCCCCCCCCCCCCCCC[CH]SCC. The van der Waals surface area contributed by atoms with Gasteiger partial charge in [0.2, 0.25) is 0 Å². The van der Waals surface area contributed by atoms with Crippen molar-refractivity contribution in [2.24, 2.45) is 0 Å². The lowest BCUT2D eigenvalue weighted by Gasteiger charge is -2.04. The maximum absolute atomic E-state index is 2.40. The Bertz CT molecular complexity index is 214. The molecule has 0 unspecified atom stereocenters. The van der Waals surface area contributed by atoms with Crippen LogP contribution < -0.4 is 0 Å². The number of hydrogen-bond donors (Lipinski definition) is 0. The summed E-state index contributed by atoms with van der Waals surface area (Å²) in [5.41, 5.74) is 0. The van der Waals surface area contributed by atoms with Gasteiger partial charge in [-0.1, -0.05) is 149 Å². The van der Waals surface area contributed by atoms with Crippen molar-refractivity contribution in [1.82, 2.24) is 0 Å². The lowest BCUT2D eigenvalue weighted by molar-refractivity contribution is 0.520. The highest BCUT2D eigenvalue weighted by atomic mass is 32.2. The van der Waals surface area contributed by atoms with E-state index in [0.29, 0.717) is 0 Å². The van der Waals surface area contributed by atoms with Gasteiger partial charge in [-0.25, -0.2) is 0 Å². The predicted molar refractivity (Wildman–Crippen MR) is 130 cm³/mol. The maximum Gasteiger partial charge on any atom is 0.0166 e. The smallest absolute Gasteiger partial charge is 0.0166 e. The van der Waals surface area contributed by atoms with Crippen LogP contribution in [-0.4, -0.2) is 5.75 Å². The van der Waals surface area contributed by atoms with Crippen molar-refractivity contribution in [3.63, 3.8) is 0 Å². The first-order valence-electron chi connectivity index (χ1n) is 12.8. The number of thioether (sulfide) groups is 1. The Labute approximate surface area is 178 Å². The second-order valence-corrected chi connectivity index (χ2v) is 9.73. The van der Waals surface area contributed by atoms with Crippen molar-refractivity contribution in [2.45, 2.75) is 155 Å². The summed E-state index contributed by atoms with van der Waals surface area (Å²) in [4.78, 5) is 0. The van der Waals surface area contributed by atoms with Gasteiger partial charge in [0, 0.05) is 5.75 Å². The lowest BCUT2D eigenvalue weighted by atomic mass is 10.0. The summed E-state index contributed by atoms with van der Waals surface area (Å²) in [5, 5.41) is 0. The van der Waals surface area contributed by atoms with Gasteiger partial charge < -0.3 is 0 Å². The van der Waals surface area contributed by atoms with Crippen molar-refractivity contribution in [2.75, 3.05) is 5.75 Å². The molecule has 1 heteroatoms. The van der Waals surface area contributed by atoms with Crippen LogP contribution in [0.15, 0.2) is 0 Å². The van der Waals surface area contributed by atoms with Gasteiger partial charge in [-0.05, 0) is 12.2 Å². The van der Waals surface area contributed by atoms with Gasteiger partial charge in [-0.15, -0.1) is 0 Å². The molecule has 0 aromatic rings. The molecule has 0 aromatic heterocycles. The van der Waals surface area contributed by atoms with Crippen molar-refractivity contribution in [1.29, 1.82) is 0 Å². The van der Waals surface area contributed by atoms with Gasteiger partial charge in [-0.2, -0.15) is 11.8 Å². The lowest BCUT2D eigenvalue weighted by Crippen LogP contribution is -1.84. The Balaban J connectivity index is 2.95. The third-order valence-corrected chi connectivity index (χ3v) is 6.51. The zero-order valence-electron chi connectivity index (χ0n) is 19.2. The van der Waals surface area contributed by atoms with Crippen LogP contribution >= 0.6 is 11.8 Å². The fourth-order valence-electron chi connectivity index (χ4n) is 3.86. The molecule has 0 aromatic carbocycles. The number of rotatable bonds is 24. The van der Waals surface area contributed by atoms with E-state index < -0.39 is 0 Å². The van der Waals surface area contributed by atoms with E-state index in [1.54, 1.807) is 0 Å². The number of unbranched alkanes of at least 4 members (excludes halogenated alkanes) is 21. The third-order valence-electron chi connectivity index (χ3n) is 5.71. The van der Waals surface area contributed by atoms with E-state index in [1.165, 1.54) is 147 Å². The average molecular weight is 398 g/mol. The Morgan fingerprint density at radius 1 is 0.407 bits per heavy atom. The van der Waals surface area contributed by atoms with E-state index in [1.807, 2.05) is 11.8 Å². The van der Waals surface area contributed by atoms with E-state index in [0.717, 1.165) is 0 Å². The molecule has 0 heterocycles. The van der Waals surface area contributed by atoms with Crippen LogP contribution in [0.2, 0.25) is 0 Å². The van der Waals surface area contributed by atoms with E-state index in [4.69, 9.17) is 0 Å². The molecule has 0 atom stereocenters. The predicted octanol–water partition coefficient (Wildman–Crippen LogP) is 10.5. The molecule has 0 nitrogen and oxygen atoms in total. The molecular formula is C26H53S. The Hall–Kier alpha value is 0.350. The summed E-state index contributed by atoms with van der Waals surface area (Å²) in [7, 11) is 0. The quantitative estimate of drug-likeness (QED) is 0.146. The Morgan fingerprint density at radius 3 is 1.00 bits per heavy atom. The monoisotopic (exact) mass is 397 g/mol. The molecule has 0 aliphatic rings. The maximum atomic E-state index is 2.40. The van der Waals surface area contributed by atoms with Crippen LogP contribution in [0.3, 0.4) is 0 Å². The van der Waals surface area contributed by atoms with E-state index >= 15 is 0 Å². The molecule has 0 aliphatic heterocycles. The second kappa shape index (κ2) is 26.4. The average Bonchev–Trinajstić information content (AvgIpc) is 2.68. The first kappa shape index (κ1) is 27.4. The largest absolute Gasteiger partial charge is 0.158 e. The summed E-state index contributed by atoms with van der Waals surface area (Å²) in [5.74, 6) is 3.63. The minimum atomic E-state index is 1.24. The Kier molecular flexibility index (Phi) is 26.7. The highest BCUT2D eigenvalue weighted by Gasteiger charge is 1.96. The molecule has 0 N–H and O–H groups in total. The van der Waals surface area contributed by atoms with Crippen LogP contribution in [0.5, 0.6) is 0 Å². The van der Waals surface area contributed by atoms with Crippen molar-refractivity contribution in [3.05, 3.63) is 5.75 Å². The summed E-state index contributed by atoms with van der Waals surface area (Å²) in [6.07, 6.45) is 32.2. The molecule has 0 saturated heterocycles. The summed E-state index contributed by atoms with van der Waals surface area (Å²) in [6.45, 7) is 4.54. The van der Waals surface area contributed by atoms with Crippen molar-refractivity contribution < 1.29 is 0 Å². The minimum absolute atomic E-state index is 1.24. The highest BCUT2D eigenvalue weighted by Crippen LogP contribution is 2.16. The molecule has 0 rings (SSSR count). The van der Waals surface area contributed by atoms with E-state index in [9.17, 15) is 0 Å². The van der Waals surface area contributed by atoms with Crippen LogP contribution in [0.4, 0.5) is 0 Å². The molecule has 0 amide bonds. The van der Waals surface area contributed by atoms with E-state index in [2.05, 4.69) is 19.6 Å². The minimum Gasteiger partial charge on any atom is -0.158 e. The van der Waals surface area contributed by atoms with Gasteiger partial charge in [0.05, 0.1) is 0 Å².